The molecule has 2 rings (SSSR count). The molecule has 0 unspecified atom stereocenters. The summed E-state index contributed by atoms with van der Waals surface area (Å²) in [6.07, 6.45) is 2.33. The topological polar surface area (TPSA) is 0 Å². The van der Waals surface area contributed by atoms with E-state index in [1.807, 2.05) is 23.5 Å². The Balaban J connectivity index is 2.23. The summed E-state index contributed by atoms with van der Waals surface area (Å²) in [4.78, 5) is 2.80. The Hall–Kier alpha value is -0.340. The molecule has 0 fully saturated rings. The van der Waals surface area contributed by atoms with Crippen LogP contribution in [0.3, 0.4) is 0 Å². The van der Waals surface area contributed by atoms with Gasteiger partial charge in [-0.2, -0.15) is 0 Å². The molecule has 1 aromatic carbocycles. The Morgan fingerprint density at radius 1 is 1.08 bits per heavy atom. The van der Waals surface area contributed by atoms with Crippen molar-refractivity contribution < 1.29 is 0 Å². The van der Waals surface area contributed by atoms with Crippen molar-refractivity contribution in [1.29, 1.82) is 0 Å². The summed E-state index contributed by atoms with van der Waals surface area (Å²) in [5.74, 6) is 0.643. The van der Waals surface area contributed by atoms with Crippen molar-refractivity contribution >= 4 is 23.5 Å². The second-order valence-corrected chi connectivity index (χ2v) is 5.81. The average Bonchev–Trinajstić information content (AvgIpc) is 2.44. The zero-order valence-corrected chi connectivity index (χ0v) is 9.41. The van der Waals surface area contributed by atoms with E-state index in [4.69, 9.17) is 0 Å². The zero-order chi connectivity index (χ0) is 9.26. The number of fused-ring (bicyclic) bond motifs is 1. The lowest BCUT2D eigenvalue weighted by Crippen LogP contribution is -1.77. The normalized spacial score (nSPS) is 14.8. The van der Waals surface area contributed by atoms with Gasteiger partial charge in [0.15, 0.2) is 0 Å². The van der Waals surface area contributed by atoms with Crippen LogP contribution in [0.4, 0.5) is 0 Å². The van der Waals surface area contributed by atoms with Crippen LogP contribution in [0.2, 0.25) is 0 Å². The maximum absolute atomic E-state index is 2.33. The Morgan fingerprint density at radius 3 is 2.08 bits per heavy atom. The van der Waals surface area contributed by atoms with Crippen molar-refractivity contribution in [2.75, 3.05) is 0 Å². The minimum Gasteiger partial charge on any atom is -0.0819 e. The third kappa shape index (κ3) is 2.12. The van der Waals surface area contributed by atoms with Crippen molar-refractivity contribution in [1.82, 2.24) is 0 Å². The highest BCUT2D eigenvalue weighted by molar-refractivity contribution is 8.24. The summed E-state index contributed by atoms with van der Waals surface area (Å²) in [5, 5.41) is 0. The second kappa shape index (κ2) is 3.81. The summed E-state index contributed by atoms with van der Waals surface area (Å²) in [7, 11) is 0. The van der Waals surface area contributed by atoms with Crippen LogP contribution < -0.4 is 0 Å². The van der Waals surface area contributed by atoms with E-state index >= 15 is 0 Å². The van der Waals surface area contributed by atoms with Crippen molar-refractivity contribution in [2.45, 2.75) is 23.6 Å². The standard InChI is InChI=1S/C11H12S2/c1-8(2)7-11-12-9-5-3-4-6-10(9)13-11/h3-8H,1-2H3. The first kappa shape index (κ1) is 9.22. The molecule has 13 heavy (non-hydrogen) atoms. The summed E-state index contributed by atoms with van der Waals surface area (Å²) >= 11 is 3.78. The van der Waals surface area contributed by atoms with Crippen molar-refractivity contribution in [3.05, 3.63) is 34.6 Å². The minimum atomic E-state index is 0.643. The van der Waals surface area contributed by atoms with Gasteiger partial charge >= 0.3 is 0 Å². The highest BCUT2D eigenvalue weighted by atomic mass is 32.2. The van der Waals surface area contributed by atoms with Gasteiger partial charge in [-0.3, -0.25) is 0 Å². The van der Waals surface area contributed by atoms with Gasteiger partial charge in [-0.15, -0.1) is 0 Å². The molecule has 68 valence electrons. The molecule has 2 heteroatoms. The van der Waals surface area contributed by atoms with Crippen LogP contribution in [0, 0.1) is 5.92 Å². The number of allylic oxidation sites excluding steroid dienone is 1. The summed E-state index contributed by atoms with van der Waals surface area (Å²) < 4.78 is 1.43. The van der Waals surface area contributed by atoms with Crippen molar-refractivity contribution in [3.63, 3.8) is 0 Å². The zero-order valence-electron chi connectivity index (χ0n) is 7.78. The van der Waals surface area contributed by atoms with Crippen LogP contribution in [0.1, 0.15) is 13.8 Å². The van der Waals surface area contributed by atoms with Crippen LogP contribution in [0.15, 0.2) is 44.4 Å². The molecule has 0 aromatic heterocycles. The maximum atomic E-state index is 2.33. The summed E-state index contributed by atoms with van der Waals surface area (Å²) in [5.41, 5.74) is 0. The smallest absolute Gasteiger partial charge is 0.0462 e. The molecule has 0 spiro atoms. The van der Waals surface area contributed by atoms with Gasteiger partial charge in [-0.25, -0.2) is 0 Å². The van der Waals surface area contributed by atoms with E-state index < -0.39 is 0 Å². The van der Waals surface area contributed by atoms with E-state index in [0.29, 0.717) is 5.92 Å². The number of thioether (sulfide) groups is 2. The fraction of sp³-hybridized carbons (Fsp3) is 0.273. The molecule has 0 radical (unpaired) electrons. The predicted molar refractivity (Wildman–Crippen MR) is 61.1 cm³/mol. The molecule has 0 aliphatic carbocycles. The molecular formula is C11H12S2. The molecule has 1 aliphatic rings. The molecule has 0 bridgehead atoms. The highest BCUT2D eigenvalue weighted by Crippen LogP contribution is 2.50. The Morgan fingerprint density at radius 2 is 1.62 bits per heavy atom. The molecule has 0 N–H and O–H groups in total. The molecule has 1 heterocycles. The molecule has 1 aliphatic heterocycles. The lowest BCUT2D eigenvalue weighted by Gasteiger charge is -1.96. The van der Waals surface area contributed by atoms with Crippen molar-refractivity contribution in [3.8, 4) is 0 Å². The molecule has 0 atom stereocenters. The Kier molecular flexibility index (Phi) is 2.70. The average molecular weight is 208 g/mol. The van der Waals surface area contributed by atoms with E-state index in [-0.39, 0.29) is 0 Å². The van der Waals surface area contributed by atoms with Crippen LogP contribution in [-0.4, -0.2) is 0 Å². The maximum Gasteiger partial charge on any atom is 0.0462 e. The summed E-state index contributed by atoms with van der Waals surface area (Å²) in [6, 6.07) is 8.58. The van der Waals surface area contributed by atoms with E-state index in [0.717, 1.165) is 0 Å². The molecule has 0 saturated carbocycles. The summed E-state index contributed by atoms with van der Waals surface area (Å²) in [6.45, 7) is 4.44. The van der Waals surface area contributed by atoms with E-state index in [1.165, 1.54) is 14.0 Å². The first-order valence-electron chi connectivity index (χ1n) is 4.42. The number of hydrogen-bond donors (Lipinski definition) is 0. The molecule has 0 saturated heterocycles. The number of hydrogen-bond acceptors (Lipinski definition) is 2. The minimum absolute atomic E-state index is 0.643. The molecule has 1 aromatic rings. The molecule has 0 nitrogen and oxygen atoms in total. The highest BCUT2D eigenvalue weighted by Gasteiger charge is 2.16. The fourth-order valence-electron chi connectivity index (χ4n) is 1.20. The van der Waals surface area contributed by atoms with E-state index in [9.17, 15) is 0 Å². The SMILES string of the molecule is CC(C)C=C1Sc2ccccc2S1. The van der Waals surface area contributed by atoms with Crippen LogP contribution in [-0.2, 0) is 0 Å². The Labute approximate surface area is 87.8 Å². The first-order valence-corrected chi connectivity index (χ1v) is 6.05. The van der Waals surface area contributed by atoms with Gasteiger partial charge in [0.25, 0.3) is 0 Å². The van der Waals surface area contributed by atoms with Crippen LogP contribution in [0.5, 0.6) is 0 Å². The van der Waals surface area contributed by atoms with Gasteiger partial charge in [-0.05, 0) is 18.1 Å². The Bertz CT molecular complexity index is 313. The number of benzene rings is 1. The second-order valence-electron chi connectivity index (χ2n) is 3.38. The third-order valence-electron chi connectivity index (χ3n) is 1.74. The van der Waals surface area contributed by atoms with Gasteiger partial charge in [0, 0.05) is 14.0 Å². The quantitative estimate of drug-likeness (QED) is 0.671. The van der Waals surface area contributed by atoms with E-state index in [1.54, 1.807) is 0 Å². The predicted octanol–water partition coefficient (Wildman–Crippen LogP) is 4.38. The van der Waals surface area contributed by atoms with Crippen LogP contribution >= 0.6 is 23.5 Å². The molecule has 0 amide bonds. The number of rotatable bonds is 1. The lowest BCUT2D eigenvalue weighted by molar-refractivity contribution is 0.832. The largest absolute Gasteiger partial charge is 0.0819 e. The van der Waals surface area contributed by atoms with E-state index in [2.05, 4.69) is 44.2 Å². The monoisotopic (exact) mass is 208 g/mol. The van der Waals surface area contributed by atoms with Gasteiger partial charge in [0.2, 0.25) is 0 Å². The van der Waals surface area contributed by atoms with Crippen molar-refractivity contribution in [2.24, 2.45) is 5.92 Å². The molecular weight excluding hydrogens is 196 g/mol. The third-order valence-corrected chi connectivity index (χ3v) is 4.20. The van der Waals surface area contributed by atoms with Gasteiger partial charge in [0.05, 0.1) is 0 Å². The van der Waals surface area contributed by atoms with Gasteiger partial charge in [0.1, 0.15) is 0 Å². The fourth-order valence-corrected chi connectivity index (χ4v) is 3.90. The van der Waals surface area contributed by atoms with Gasteiger partial charge in [-0.1, -0.05) is 55.6 Å². The lowest BCUT2D eigenvalue weighted by atomic mass is 10.2. The van der Waals surface area contributed by atoms with Gasteiger partial charge < -0.3 is 0 Å². The van der Waals surface area contributed by atoms with Crippen LogP contribution in [0.25, 0.3) is 0 Å². The first-order chi connectivity index (χ1) is 6.25.